The Balaban J connectivity index is 1.92. The van der Waals surface area contributed by atoms with Crippen molar-refractivity contribution >= 4 is 22.6 Å². The van der Waals surface area contributed by atoms with E-state index < -0.39 is 0 Å². The summed E-state index contributed by atoms with van der Waals surface area (Å²) in [5.41, 5.74) is 2.86. The lowest BCUT2D eigenvalue weighted by Crippen LogP contribution is -1.93. The smallest absolute Gasteiger partial charge is 0.195 e. The fourth-order valence-electron chi connectivity index (χ4n) is 2.55. The molecule has 6 heteroatoms. The van der Waals surface area contributed by atoms with Crippen LogP contribution in [0.15, 0.2) is 52.5 Å². The van der Waals surface area contributed by atoms with Gasteiger partial charge in [0.25, 0.3) is 0 Å². The summed E-state index contributed by atoms with van der Waals surface area (Å²) in [5.74, 6) is 1.47. The maximum absolute atomic E-state index is 11.7. The van der Waals surface area contributed by atoms with E-state index in [1.807, 2.05) is 46.2 Å². The average Bonchev–Trinajstić information content (AvgIpc) is 3.30. The first-order valence-corrected chi connectivity index (χ1v) is 7.83. The molecule has 0 saturated heterocycles. The molecule has 0 fully saturated rings. The number of ether oxygens (including phenoxy) is 1. The zero-order valence-electron chi connectivity index (χ0n) is 12.2. The number of aldehydes is 1. The van der Waals surface area contributed by atoms with E-state index in [9.17, 15) is 4.79 Å². The van der Waals surface area contributed by atoms with Crippen molar-refractivity contribution in [2.75, 3.05) is 7.11 Å². The summed E-state index contributed by atoms with van der Waals surface area (Å²) < 4.78 is 12.5. The lowest BCUT2D eigenvalue weighted by Gasteiger charge is -2.02. The van der Waals surface area contributed by atoms with Crippen LogP contribution < -0.4 is 4.74 Å². The molecule has 3 aromatic heterocycles. The largest absolute Gasteiger partial charge is 0.497 e. The van der Waals surface area contributed by atoms with Gasteiger partial charge in [-0.05, 0) is 36.4 Å². The van der Waals surface area contributed by atoms with Crippen molar-refractivity contribution in [2.24, 2.45) is 0 Å². The zero-order chi connectivity index (χ0) is 15.8. The molecule has 1 aromatic carbocycles. The fraction of sp³-hybridized carbons (Fsp3) is 0.0588. The Morgan fingerprint density at radius 1 is 1.26 bits per heavy atom. The Kier molecular flexibility index (Phi) is 3.24. The van der Waals surface area contributed by atoms with Crippen LogP contribution in [0.5, 0.6) is 5.75 Å². The van der Waals surface area contributed by atoms with E-state index in [-0.39, 0.29) is 0 Å². The predicted molar refractivity (Wildman–Crippen MR) is 88.1 cm³/mol. The van der Waals surface area contributed by atoms with Crippen LogP contribution >= 0.6 is 11.3 Å². The average molecular weight is 324 g/mol. The summed E-state index contributed by atoms with van der Waals surface area (Å²) in [6, 6.07) is 11.2. The SMILES string of the molecule is COc1ccc(-c2nc3scc(-c4ccco4)n3c2C=O)cc1. The minimum atomic E-state index is 0.512. The van der Waals surface area contributed by atoms with Crippen LogP contribution in [0.2, 0.25) is 0 Å². The molecule has 23 heavy (non-hydrogen) atoms. The van der Waals surface area contributed by atoms with Crippen molar-refractivity contribution in [1.82, 2.24) is 9.38 Å². The van der Waals surface area contributed by atoms with Crippen molar-refractivity contribution in [2.45, 2.75) is 0 Å². The van der Waals surface area contributed by atoms with Gasteiger partial charge in [0.05, 0.1) is 13.4 Å². The van der Waals surface area contributed by atoms with Gasteiger partial charge in [0.2, 0.25) is 0 Å². The normalized spacial score (nSPS) is 11.0. The Morgan fingerprint density at radius 2 is 2.09 bits per heavy atom. The molecule has 4 rings (SSSR count). The fourth-order valence-corrected chi connectivity index (χ4v) is 3.43. The highest BCUT2D eigenvalue weighted by atomic mass is 32.1. The van der Waals surface area contributed by atoms with E-state index in [0.717, 1.165) is 28.3 Å². The van der Waals surface area contributed by atoms with Gasteiger partial charge in [0.1, 0.15) is 22.8 Å². The summed E-state index contributed by atoms with van der Waals surface area (Å²) in [7, 11) is 1.62. The van der Waals surface area contributed by atoms with Gasteiger partial charge < -0.3 is 9.15 Å². The number of hydrogen-bond donors (Lipinski definition) is 0. The highest BCUT2D eigenvalue weighted by molar-refractivity contribution is 7.15. The van der Waals surface area contributed by atoms with Crippen molar-refractivity contribution < 1.29 is 13.9 Å². The maximum Gasteiger partial charge on any atom is 0.195 e. The Bertz CT molecular complexity index is 966. The number of imidazole rings is 1. The van der Waals surface area contributed by atoms with Gasteiger partial charge in [-0.25, -0.2) is 4.98 Å². The number of fused-ring (bicyclic) bond motifs is 1. The Hall–Kier alpha value is -2.86. The predicted octanol–water partition coefficient (Wildman–Crippen LogP) is 4.14. The first-order valence-electron chi connectivity index (χ1n) is 6.95. The number of nitrogens with zero attached hydrogens (tertiary/aromatic N) is 2. The standard InChI is InChI=1S/C17H12N2O3S/c1-21-12-6-4-11(5-7-12)16-13(9-20)19-14(10-23-17(19)18-16)15-3-2-8-22-15/h2-10H,1H3. The molecule has 5 nitrogen and oxygen atoms in total. The van der Waals surface area contributed by atoms with Gasteiger partial charge in [-0.2, -0.15) is 0 Å². The van der Waals surface area contributed by atoms with Crippen LogP contribution in [0.1, 0.15) is 10.5 Å². The van der Waals surface area contributed by atoms with Gasteiger partial charge in [0.15, 0.2) is 17.0 Å². The lowest BCUT2D eigenvalue weighted by molar-refractivity contribution is 0.111. The molecule has 0 atom stereocenters. The number of furan rings is 1. The summed E-state index contributed by atoms with van der Waals surface area (Å²) >= 11 is 1.47. The third-order valence-electron chi connectivity index (χ3n) is 3.65. The first-order chi connectivity index (χ1) is 11.3. The molecule has 0 aliphatic carbocycles. The van der Waals surface area contributed by atoms with Crippen LogP contribution in [0.4, 0.5) is 0 Å². The molecule has 0 spiro atoms. The number of thiazole rings is 1. The van der Waals surface area contributed by atoms with Crippen LogP contribution in [-0.4, -0.2) is 22.8 Å². The number of carbonyl (C=O) groups is 1. The zero-order valence-corrected chi connectivity index (χ0v) is 13.0. The summed E-state index contributed by atoms with van der Waals surface area (Å²) in [6.07, 6.45) is 2.44. The minimum Gasteiger partial charge on any atom is -0.497 e. The van der Waals surface area contributed by atoms with Gasteiger partial charge in [0, 0.05) is 10.9 Å². The molecule has 0 N–H and O–H groups in total. The van der Waals surface area contributed by atoms with Crippen molar-refractivity contribution in [3.63, 3.8) is 0 Å². The van der Waals surface area contributed by atoms with Gasteiger partial charge in [-0.3, -0.25) is 9.20 Å². The maximum atomic E-state index is 11.7. The molecule has 0 aliphatic rings. The van der Waals surface area contributed by atoms with Crippen LogP contribution in [0.25, 0.3) is 27.7 Å². The summed E-state index contributed by atoms with van der Waals surface area (Å²) in [6.45, 7) is 0. The number of hydrogen-bond acceptors (Lipinski definition) is 5. The number of rotatable bonds is 4. The molecule has 0 saturated carbocycles. The van der Waals surface area contributed by atoms with Gasteiger partial charge in [-0.15, -0.1) is 11.3 Å². The third-order valence-corrected chi connectivity index (χ3v) is 4.47. The van der Waals surface area contributed by atoms with E-state index in [1.54, 1.807) is 13.4 Å². The van der Waals surface area contributed by atoms with Crippen molar-refractivity contribution in [3.8, 4) is 28.5 Å². The number of carbonyl (C=O) groups excluding carboxylic acids is 1. The molecule has 0 aliphatic heterocycles. The molecule has 114 valence electrons. The second-order valence-electron chi connectivity index (χ2n) is 4.91. The van der Waals surface area contributed by atoms with Crippen LogP contribution in [-0.2, 0) is 0 Å². The quantitative estimate of drug-likeness (QED) is 0.529. The second-order valence-corrected chi connectivity index (χ2v) is 5.74. The van der Waals surface area contributed by atoms with E-state index in [2.05, 4.69) is 4.98 Å². The van der Waals surface area contributed by atoms with E-state index in [0.29, 0.717) is 17.1 Å². The second kappa shape index (κ2) is 5.40. The Labute approximate surface area is 135 Å². The highest BCUT2D eigenvalue weighted by Crippen LogP contribution is 2.32. The van der Waals surface area contributed by atoms with Gasteiger partial charge >= 0.3 is 0 Å². The minimum absolute atomic E-state index is 0.512. The molecule has 0 unspecified atom stereocenters. The van der Waals surface area contributed by atoms with Crippen molar-refractivity contribution in [1.29, 1.82) is 0 Å². The molecule has 0 radical (unpaired) electrons. The number of benzene rings is 1. The third kappa shape index (κ3) is 2.15. The molecule has 3 heterocycles. The Morgan fingerprint density at radius 3 is 2.74 bits per heavy atom. The first kappa shape index (κ1) is 13.8. The summed E-state index contributed by atoms with van der Waals surface area (Å²) in [4.78, 5) is 17.1. The molecule has 0 bridgehead atoms. The molecule has 0 amide bonds. The van der Waals surface area contributed by atoms with E-state index in [1.165, 1.54) is 11.3 Å². The number of methoxy groups -OCH3 is 1. The van der Waals surface area contributed by atoms with Gasteiger partial charge in [-0.1, -0.05) is 0 Å². The number of aromatic nitrogens is 2. The van der Waals surface area contributed by atoms with Crippen molar-refractivity contribution in [3.05, 3.63) is 53.7 Å². The van der Waals surface area contributed by atoms with E-state index >= 15 is 0 Å². The van der Waals surface area contributed by atoms with Crippen LogP contribution in [0, 0.1) is 0 Å². The topological polar surface area (TPSA) is 56.7 Å². The molecular formula is C17H12N2O3S. The molecular weight excluding hydrogens is 312 g/mol. The highest BCUT2D eigenvalue weighted by Gasteiger charge is 2.19. The summed E-state index contributed by atoms with van der Waals surface area (Å²) in [5, 5.41) is 1.94. The lowest BCUT2D eigenvalue weighted by atomic mass is 10.1. The molecule has 4 aromatic rings. The van der Waals surface area contributed by atoms with Crippen LogP contribution in [0.3, 0.4) is 0 Å². The van der Waals surface area contributed by atoms with E-state index in [4.69, 9.17) is 9.15 Å². The monoisotopic (exact) mass is 324 g/mol.